The molecule has 8 heteroatoms. The van der Waals surface area contributed by atoms with Crippen LogP contribution in [-0.4, -0.2) is 33.9 Å². The molecule has 0 spiro atoms. The summed E-state index contributed by atoms with van der Waals surface area (Å²) in [6.45, 7) is 0.289. The van der Waals surface area contributed by atoms with Gasteiger partial charge in [-0.1, -0.05) is 18.2 Å². The summed E-state index contributed by atoms with van der Waals surface area (Å²) in [4.78, 5) is 36.4. The van der Waals surface area contributed by atoms with Gasteiger partial charge < -0.3 is 15.4 Å². The van der Waals surface area contributed by atoms with Crippen molar-refractivity contribution >= 4 is 23.4 Å². The number of nitrogens with zero attached hydrogens (tertiary/aromatic N) is 3. The first-order chi connectivity index (χ1) is 13.2. The molecule has 2 aromatic heterocycles. The molecule has 0 aliphatic carbocycles. The molecule has 1 aromatic carbocycles. The summed E-state index contributed by atoms with van der Waals surface area (Å²) < 4.78 is 4.77. The molecule has 8 nitrogen and oxygen atoms in total. The highest BCUT2D eigenvalue weighted by molar-refractivity contribution is 5.97. The molecule has 2 N–H and O–H groups in total. The number of rotatable bonds is 6. The van der Waals surface area contributed by atoms with Crippen LogP contribution in [0.25, 0.3) is 0 Å². The minimum absolute atomic E-state index is 0.194. The molecule has 0 bridgehead atoms. The number of pyridine rings is 1. The van der Waals surface area contributed by atoms with E-state index < -0.39 is 5.97 Å². The first kappa shape index (κ1) is 18.0. The Morgan fingerprint density at radius 2 is 1.85 bits per heavy atom. The third-order valence-corrected chi connectivity index (χ3v) is 3.65. The minimum Gasteiger partial charge on any atom is -0.465 e. The van der Waals surface area contributed by atoms with Crippen LogP contribution in [0.3, 0.4) is 0 Å². The maximum absolute atomic E-state index is 12.3. The van der Waals surface area contributed by atoms with Crippen molar-refractivity contribution in [1.29, 1.82) is 0 Å². The van der Waals surface area contributed by atoms with Gasteiger partial charge in [0.1, 0.15) is 17.8 Å². The fourth-order valence-corrected chi connectivity index (χ4v) is 2.33. The lowest BCUT2D eigenvalue weighted by Crippen LogP contribution is -2.24. The monoisotopic (exact) mass is 363 g/mol. The van der Waals surface area contributed by atoms with Crippen LogP contribution in [0.4, 0.5) is 11.5 Å². The van der Waals surface area contributed by atoms with E-state index in [1.807, 2.05) is 12.1 Å². The minimum atomic E-state index is -0.472. The number of esters is 1. The molecule has 0 saturated heterocycles. The van der Waals surface area contributed by atoms with E-state index >= 15 is 0 Å². The summed E-state index contributed by atoms with van der Waals surface area (Å²) in [6, 6.07) is 13.8. The second kappa shape index (κ2) is 8.52. The largest absolute Gasteiger partial charge is 0.465 e. The van der Waals surface area contributed by atoms with Crippen LogP contribution >= 0.6 is 0 Å². The summed E-state index contributed by atoms with van der Waals surface area (Å²) in [7, 11) is 1.31. The van der Waals surface area contributed by atoms with Crippen molar-refractivity contribution < 1.29 is 14.3 Å². The van der Waals surface area contributed by atoms with Crippen LogP contribution in [0.1, 0.15) is 26.5 Å². The lowest BCUT2D eigenvalue weighted by atomic mass is 10.2. The van der Waals surface area contributed by atoms with Gasteiger partial charge in [-0.2, -0.15) is 0 Å². The lowest BCUT2D eigenvalue weighted by molar-refractivity contribution is 0.0601. The van der Waals surface area contributed by atoms with Gasteiger partial charge in [0.15, 0.2) is 0 Å². The summed E-state index contributed by atoms with van der Waals surface area (Å²) in [5.41, 5.74) is 1.81. The molecule has 1 amide bonds. The molecule has 0 unspecified atom stereocenters. The molecule has 3 rings (SSSR count). The quantitative estimate of drug-likeness (QED) is 0.647. The number of carbonyl (C=O) groups excluding carboxylic acids is 2. The van der Waals surface area contributed by atoms with Crippen molar-refractivity contribution in [2.24, 2.45) is 0 Å². The van der Waals surface area contributed by atoms with Gasteiger partial charge in [-0.3, -0.25) is 9.78 Å². The van der Waals surface area contributed by atoms with Crippen LogP contribution in [-0.2, 0) is 11.3 Å². The molecule has 0 aliphatic heterocycles. The maximum atomic E-state index is 12.3. The molecular weight excluding hydrogens is 346 g/mol. The van der Waals surface area contributed by atoms with Crippen LogP contribution in [0, 0.1) is 0 Å². The number of carbonyl (C=O) groups is 2. The van der Waals surface area contributed by atoms with E-state index in [0.29, 0.717) is 17.1 Å². The lowest BCUT2D eigenvalue weighted by Gasteiger charge is -2.10. The Morgan fingerprint density at radius 1 is 1.04 bits per heavy atom. The zero-order valence-electron chi connectivity index (χ0n) is 14.5. The van der Waals surface area contributed by atoms with E-state index in [0.717, 1.165) is 5.69 Å². The number of ether oxygens (including phenoxy) is 1. The first-order valence-electron chi connectivity index (χ1n) is 8.12. The highest BCUT2D eigenvalue weighted by Crippen LogP contribution is 2.20. The normalized spacial score (nSPS) is 10.1. The Kier molecular flexibility index (Phi) is 5.68. The van der Waals surface area contributed by atoms with Gasteiger partial charge in [-0.05, 0) is 24.3 Å². The SMILES string of the molecule is COC(=O)c1ccccc1Nc1cc(C(=O)NCc2ccccn2)ncn1. The van der Waals surface area contributed by atoms with Crippen molar-refractivity contribution in [3.05, 3.63) is 78.0 Å². The van der Waals surface area contributed by atoms with E-state index in [1.165, 1.54) is 19.5 Å². The fourth-order valence-electron chi connectivity index (χ4n) is 2.33. The van der Waals surface area contributed by atoms with Crippen molar-refractivity contribution in [2.75, 3.05) is 12.4 Å². The van der Waals surface area contributed by atoms with E-state index in [9.17, 15) is 9.59 Å². The molecule has 0 radical (unpaired) electrons. The van der Waals surface area contributed by atoms with Gasteiger partial charge in [0.25, 0.3) is 5.91 Å². The van der Waals surface area contributed by atoms with Crippen molar-refractivity contribution in [2.45, 2.75) is 6.54 Å². The molecule has 0 atom stereocenters. The number of aromatic nitrogens is 3. The molecule has 27 heavy (non-hydrogen) atoms. The highest BCUT2D eigenvalue weighted by Gasteiger charge is 2.13. The Bertz CT molecular complexity index is 947. The second-order valence-electron chi connectivity index (χ2n) is 5.45. The number of nitrogens with one attached hydrogen (secondary N) is 2. The summed E-state index contributed by atoms with van der Waals surface area (Å²) in [6.07, 6.45) is 2.94. The van der Waals surface area contributed by atoms with Gasteiger partial charge in [0.2, 0.25) is 0 Å². The number of hydrogen-bond donors (Lipinski definition) is 2. The second-order valence-corrected chi connectivity index (χ2v) is 5.45. The third-order valence-electron chi connectivity index (χ3n) is 3.65. The summed E-state index contributed by atoms with van der Waals surface area (Å²) in [5.74, 6) is -0.447. The average molecular weight is 363 g/mol. The van der Waals surface area contributed by atoms with Crippen molar-refractivity contribution in [3.8, 4) is 0 Å². The molecule has 0 saturated carbocycles. The van der Waals surface area contributed by atoms with E-state index in [2.05, 4.69) is 25.6 Å². The smallest absolute Gasteiger partial charge is 0.339 e. The van der Waals surface area contributed by atoms with Gasteiger partial charge in [0, 0.05) is 12.3 Å². The van der Waals surface area contributed by atoms with E-state index in [4.69, 9.17) is 4.74 Å². The first-order valence-corrected chi connectivity index (χ1v) is 8.12. The number of hydrogen-bond acceptors (Lipinski definition) is 7. The number of benzene rings is 1. The van der Waals surface area contributed by atoms with Crippen LogP contribution < -0.4 is 10.6 Å². The number of anilines is 2. The Hall–Kier alpha value is -3.81. The zero-order chi connectivity index (χ0) is 19.1. The zero-order valence-corrected chi connectivity index (χ0v) is 14.5. The van der Waals surface area contributed by atoms with Gasteiger partial charge in [0.05, 0.1) is 30.6 Å². The average Bonchev–Trinajstić information content (AvgIpc) is 2.73. The molecular formula is C19H17N5O3. The molecule has 136 valence electrons. The predicted molar refractivity (Wildman–Crippen MR) is 98.5 cm³/mol. The van der Waals surface area contributed by atoms with E-state index in [-0.39, 0.29) is 18.1 Å². The molecule has 2 heterocycles. The molecule has 3 aromatic rings. The van der Waals surface area contributed by atoms with Gasteiger partial charge in [-0.25, -0.2) is 14.8 Å². The maximum Gasteiger partial charge on any atom is 0.339 e. The number of methoxy groups -OCH3 is 1. The summed E-state index contributed by atoms with van der Waals surface area (Å²) >= 11 is 0. The topological polar surface area (TPSA) is 106 Å². The van der Waals surface area contributed by atoms with Gasteiger partial charge >= 0.3 is 5.97 Å². The standard InChI is InChI=1S/C19H17N5O3/c1-27-19(26)14-7-2-3-8-15(14)24-17-10-16(22-12-23-17)18(25)21-11-13-6-4-5-9-20-13/h2-10,12H,11H2,1H3,(H,21,25)(H,22,23,24). The third kappa shape index (κ3) is 4.63. The Balaban J connectivity index is 1.72. The van der Waals surface area contributed by atoms with E-state index in [1.54, 1.807) is 36.5 Å². The Morgan fingerprint density at radius 3 is 2.63 bits per heavy atom. The molecule has 0 fully saturated rings. The number of amides is 1. The van der Waals surface area contributed by atoms with Crippen molar-refractivity contribution in [3.63, 3.8) is 0 Å². The van der Waals surface area contributed by atoms with Gasteiger partial charge in [-0.15, -0.1) is 0 Å². The summed E-state index contributed by atoms with van der Waals surface area (Å²) in [5, 5.41) is 5.76. The highest BCUT2D eigenvalue weighted by atomic mass is 16.5. The number of para-hydroxylation sites is 1. The van der Waals surface area contributed by atoms with Crippen LogP contribution in [0.15, 0.2) is 61.1 Å². The van der Waals surface area contributed by atoms with Crippen LogP contribution in [0.5, 0.6) is 0 Å². The predicted octanol–water partition coefficient (Wildman–Crippen LogP) is 2.33. The molecule has 0 aliphatic rings. The van der Waals surface area contributed by atoms with Crippen molar-refractivity contribution in [1.82, 2.24) is 20.3 Å². The Labute approximate surface area is 155 Å². The van der Waals surface area contributed by atoms with Crippen LogP contribution in [0.2, 0.25) is 0 Å². The fraction of sp³-hybridized carbons (Fsp3) is 0.105.